The molecule has 0 radical (unpaired) electrons. The Morgan fingerprint density at radius 3 is 2.87 bits per heavy atom. The lowest BCUT2D eigenvalue weighted by Crippen LogP contribution is -2.34. The second kappa shape index (κ2) is 6.32. The molecule has 1 fully saturated rings. The molecule has 2 aromatic rings. The summed E-state index contributed by atoms with van der Waals surface area (Å²) in [5.41, 5.74) is 0.352. The molecule has 1 aliphatic carbocycles. The monoisotopic (exact) mass is 333 g/mol. The van der Waals surface area contributed by atoms with Gasteiger partial charge >= 0.3 is 0 Å². The van der Waals surface area contributed by atoms with E-state index in [4.69, 9.17) is 11.6 Å². The summed E-state index contributed by atoms with van der Waals surface area (Å²) in [6, 6.07) is 5.00. The Labute approximate surface area is 139 Å². The molecule has 2 atom stereocenters. The number of aromatic nitrogens is 2. The minimum absolute atomic E-state index is 0.128. The lowest BCUT2D eigenvalue weighted by atomic mass is 10.2. The van der Waals surface area contributed by atoms with Crippen LogP contribution in [0.1, 0.15) is 32.5 Å². The Bertz CT molecular complexity index is 802. The number of nitrogens with zero attached hydrogens (tertiary/aromatic N) is 2. The first-order chi connectivity index (χ1) is 11.0. The number of H-pyrrole nitrogens is 1. The third kappa shape index (κ3) is 3.39. The summed E-state index contributed by atoms with van der Waals surface area (Å²) in [5, 5.41) is 1.04. The molecule has 5 nitrogen and oxygen atoms in total. The molecular weight excluding hydrogens is 314 g/mol. The quantitative estimate of drug-likeness (QED) is 0.914. The SMILES string of the molecule is CCCN(Cc1nc2cc(Cl)ccc2c(=O)[nH]1)C(=O)C1CC1C. The Morgan fingerprint density at radius 1 is 1.48 bits per heavy atom. The predicted octanol–water partition coefficient (Wildman–Crippen LogP) is 2.97. The fourth-order valence-electron chi connectivity index (χ4n) is 2.85. The number of carbonyl (C=O) groups excluding carboxylic acids is 1. The zero-order valence-corrected chi connectivity index (χ0v) is 14.1. The first-order valence-corrected chi connectivity index (χ1v) is 8.34. The second-order valence-corrected chi connectivity index (χ2v) is 6.69. The normalized spacial score (nSPS) is 19.8. The van der Waals surface area contributed by atoms with Gasteiger partial charge in [-0.05, 0) is 37.0 Å². The number of carbonyl (C=O) groups is 1. The van der Waals surface area contributed by atoms with Crippen molar-refractivity contribution in [3.05, 3.63) is 39.4 Å². The van der Waals surface area contributed by atoms with Crippen LogP contribution in [0.5, 0.6) is 0 Å². The number of rotatable bonds is 5. The fraction of sp³-hybridized carbons (Fsp3) is 0.471. The maximum Gasteiger partial charge on any atom is 0.258 e. The predicted molar refractivity (Wildman–Crippen MR) is 90.4 cm³/mol. The highest BCUT2D eigenvalue weighted by Gasteiger charge is 2.41. The minimum atomic E-state index is -0.203. The van der Waals surface area contributed by atoms with Crippen LogP contribution in [-0.2, 0) is 11.3 Å². The highest BCUT2D eigenvalue weighted by Crippen LogP contribution is 2.39. The zero-order valence-electron chi connectivity index (χ0n) is 13.3. The first-order valence-electron chi connectivity index (χ1n) is 7.97. The molecule has 1 aliphatic rings. The van der Waals surface area contributed by atoms with Gasteiger partial charge in [-0.25, -0.2) is 4.98 Å². The fourth-order valence-corrected chi connectivity index (χ4v) is 3.02. The Hall–Kier alpha value is -1.88. The van der Waals surface area contributed by atoms with Crippen molar-refractivity contribution in [3.8, 4) is 0 Å². The van der Waals surface area contributed by atoms with Crippen LogP contribution in [0.4, 0.5) is 0 Å². The van der Waals surface area contributed by atoms with E-state index < -0.39 is 0 Å². The van der Waals surface area contributed by atoms with Crippen molar-refractivity contribution in [1.82, 2.24) is 14.9 Å². The van der Waals surface area contributed by atoms with Gasteiger partial charge in [-0.15, -0.1) is 0 Å². The summed E-state index contributed by atoms with van der Waals surface area (Å²) in [5.74, 6) is 1.25. The lowest BCUT2D eigenvalue weighted by molar-refractivity contribution is -0.133. The molecule has 0 spiro atoms. The molecule has 2 unspecified atom stereocenters. The topological polar surface area (TPSA) is 66.1 Å². The molecule has 1 saturated carbocycles. The third-order valence-corrected chi connectivity index (χ3v) is 4.53. The largest absolute Gasteiger partial charge is 0.335 e. The molecule has 1 N–H and O–H groups in total. The summed E-state index contributed by atoms with van der Waals surface area (Å²) in [6.07, 6.45) is 1.83. The number of fused-ring (bicyclic) bond motifs is 1. The first kappa shape index (κ1) is 16.0. The second-order valence-electron chi connectivity index (χ2n) is 6.25. The van der Waals surface area contributed by atoms with Crippen molar-refractivity contribution in [3.63, 3.8) is 0 Å². The average molecular weight is 334 g/mol. The smallest absolute Gasteiger partial charge is 0.258 e. The van der Waals surface area contributed by atoms with Gasteiger partial charge in [0.15, 0.2) is 0 Å². The van der Waals surface area contributed by atoms with Gasteiger partial charge in [-0.2, -0.15) is 0 Å². The molecule has 1 aromatic heterocycles. The summed E-state index contributed by atoms with van der Waals surface area (Å²) in [7, 11) is 0. The molecule has 122 valence electrons. The van der Waals surface area contributed by atoms with E-state index in [9.17, 15) is 9.59 Å². The van der Waals surface area contributed by atoms with Crippen LogP contribution in [0.15, 0.2) is 23.0 Å². The van der Waals surface area contributed by atoms with Crippen LogP contribution in [0.2, 0.25) is 5.02 Å². The van der Waals surface area contributed by atoms with Crippen molar-refractivity contribution < 1.29 is 4.79 Å². The third-order valence-electron chi connectivity index (χ3n) is 4.29. The van der Waals surface area contributed by atoms with Crippen LogP contribution in [0.3, 0.4) is 0 Å². The van der Waals surface area contributed by atoms with E-state index in [-0.39, 0.29) is 17.4 Å². The average Bonchev–Trinajstić information content (AvgIpc) is 3.22. The maximum absolute atomic E-state index is 12.5. The number of aromatic amines is 1. The molecule has 0 aliphatic heterocycles. The van der Waals surface area contributed by atoms with E-state index >= 15 is 0 Å². The molecule has 1 aromatic carbocycles. The molecule has 0 bridgehead atoms. The summed E-state index contributed by atoms with van der Waals surface area (Å²) >= 11 is 5.98. The van der Waals surface area contributed by atoms with Gasteiger partial charge in [-0.3, -0.25) is 9.59 Å². The summed E-state index contributed by atoms with van der Waals surface area (Å²) < 4.78 is 0. The van der Waals surface area contributed by atoms with E-state index in [1.165, 1.54) is 0 Å². The highest BCUT2D eigenvalue weighted by molar-refractivity contribution is 6.31. The van der Waals surface area contributed by atoms with Crippen molar-refractivity contribution in [2.75, 3.05) is 6.54 Å². The van der Waals surface area contributed by atoms with E-state index in [1.807, 2.05) is 6.92 Å². The zero-order chi connectivity index (χ0) is 16.6. The molecule has 23 heavy (non-hydrogen) atoms. The van der Waals surface area contributed by atoms with Crippen LogP contribution in [0.25, 0.3) is 10.9 Å². The standard InChI is InChI=1S/C17H20ClN3O2/c1-3-6-21(17(23)13-7-10(13)2)9-15-19-14-8-11(18)4-5-12(14)16(22)20-15/h4-5,8,10,13H,3,6-7,9H2,1-2H3,(H,19,20,22). The van der Waals surface area contributed by atoms with E-state index in [0.29, 0.717) is 40.8 Å². The van der Waals surface area contributed by atoms with Crippen molar-refractivity contribution in [2.45, 2.75) is 33.2 Å². The van der Waals surface area contributed by atoms with Gasteiger partial charge in [0.2, 0.25) is 5.91 Å². The van der Waals surface area contributed by atoms with E-state index in [0.717, 1.165) is 12.8 Å². The minimum Gasteiger partial charge on any atom is -0.335 e. The van der Waals surface area contributed by atoms with Crippen LogP contribution >= 0.6 is 11.6 Å². The van der Waals surface area contributed by atoms with Gasteiger partial charge < -0.3 is 9.88 Å². The summed E-state index contributed by atoms with van der Waals surface area (Å²) in [4.78, 5) is 33.7. The van der Waals surface area contributed by atoms with Crippen LogP contribution < -0.4 is 5.56 Å². The molecule has 6 heteroatoms. The molecule has 0 saturated heterocycles. The number of benzene rings is 1. The molecular formula is C17H20ClN3O2. The maximum atomic E-state index is 12.5. The van der Waals surface area contributed by atoms with E-state index in [1.54, 1.807) is 23.1 Å². The Balaban J connectivity index is 1.89. The number of hydrogen-bond acceptors (Lipinski definition) is 3. The lowest BCUT2D eigenvalue weighted by Gasteiger charge is -2.21. The van der Waals surface area contributed by atoms with Gasteiger partial charge in [-0.1, -0.05) is 25.4 Å². The van der Waals surface area contributed by atoms with Crippen molar-refractivity contribution in [2.24, 2.45) is 11.8 Å². The Morgan fingerprint density at radius 2 is 2.22 bits per heavy atom. The van der Waals surface area contributed by atoms with Crippen molar-refractivity contribution in [1.29, 1.82) is 0 Å². The van der Waals surface area contributed by atoms with Crippen LogP contribution in [-0.4, -0.2) is 27.3 Å². The van der Waals surface area contributed by atoms with Gasteiger partial charge in [0, 0.05) is 17.5 Å². The molecule has 3 rings (SSSR count). The van der Waals surface area contributed by atoms with Gasteiger partial charge in [0.25, 0.3) is 5.56 Å². The van der Waals surface area contributed by atoms with E-state index in [2.05, 4.69) is 16.9 Å². The van der Waals surface area contributed by atoms with Gasteiger partial charge in [0.05, 0.1) is 17.4 Å². The van der Waals surface area contributed by atoms with Crippen LogP contribution in [0, 0.1) is 11.8 Å². The molecule has 1 heterocycles. The number of halogens is 1. The van der Waals surface area contributed by atoms with Gasteiger partial charge in [0.1, 0.15) is 5.82 Å². The number of amides is 1. The number of hydrogen-bond donors (Lipinski definition) is 1. The highest BCUT2D eigenvalue weighted by atomic mass is 35.5. The number of nitrogens with one attached hydrogen (secondary N) is 1. The Kier molecular flexibility index (Phi) is 4.39. The molecule has 1 amide bonds. The summed E-state index contributed by atoms with van der Waals surface area (Å²) in [6.45, 7) is 5.12. The van der Waals surface area contributed by atoms with Crippen molar-refractivity contribution >= 4 is 28.4 Å².